The number of hydrogen-bond donors (Lipinski definition) is 3. The number of hydrogen-bond acceptors (Lipinski definition) is 4. The molecule has 1 amide bonds. The summed E-state index contributed by atoms with van der Waals surface area (Å²) < 4.78 is 5.20. The maximum absolute atomic E-state index is 11.3. The van der Waals surface area contributed by atoms with Crippen LogP contribution in [0.4, 0.5) is 0 Å². The van der Waals surface area contributed by atoms with Gasteiger partial charge >= 0.3 is 0 Å². The molecule has 0 aliphatic rings. The molecule has 0 saturated heterocycles. The van der Waals surface area contributed by atoms with E-state index < -0.39 is 6.29 Å². The molecule has 0 saturated carbocycles. The molecule has 0 heterocycles. The van der Waals surface area contributed by atoms with Gasteiger partial charge in [0.1, 0.15) is 0 Å². The Labute approximate surface area is 135 Å². The largest absolute Gasteiger partial charge is 0.395 e. The molecule has 0 radical (unpaired) electrons. The van der Waals surface area contributed by atoms with Gasteiger partial charge in [-0.2, -0.15) is 0 Å². The lowest BCUT2D eigenvalue weighted by atomic mass is 10.1. The van der Waals surface area contributed by atoms with Gasteiger partial charge in [0.05, 0.1) is 13.0 Å². The first-order valence-electron chi connectivity index (χ1n) is 8.88. The summed E-state index contributed by atoms with van der Waals surface area (Å²) in [5.41, 5.74) is 0. The zero-order valence-electron chi connectivity index (χ0n) is 14.2. The molecule has 0 aliphatic carbocycles. The Morgan fingerprint density at radius 1 is 1.00 bits per heavy atom. The van der Waals surface area contributed by atoms with Crippen molar-refractivity contribution in [3.8, 4) is 0 Å². The number of carbonyl (C=O) groups is 1. The fourth-order valence-electron chi connectivity index (χ4n) is 2.29. The van der Waals surface area contributed by atoms with Crippen LogP contribution >= 0.6 is 0 Å². The van der Waals surface area contributed by atoms with Crippen molar-refractivity contribution >= 4 is 5.91 Å². The van der Waals surface area contributed by atoms with Gasteiger partial charge in [-0.25, -0.2) is 0 Å². The molecule has 1 atom stereocenters. The van der Waals surface area contributed by atoms with Gasteiger partial charge in [0.25, 0.3) is 0 Å². The van der Waals surface area contributed by atoms with Crippen LogP contribution < -0.4 is 5.32 Å². The van der Waals surface area contributed by atoms with Crippen LogP contribution in [0.2, 0.25) is 0 Å². The maximum Gasteiger partial charge on any atom is 0.225 e. The minimum Gasteiger partial charge on any atom is -0.395 e. The number of carbonyl (C=O) groups excluding carboxylic acids is 1. The maximum atomic E-state index is 11.3. The van der Waals surface area contributed by atoms with Crippen LogP contribution in [-0.2, 0) is 9.53 Å². The summed E-state index contributed by atoms with van der Waals surface area (Å²) in [7, 11) is 0. The molecule has 0 aliphatic heterocycles. The molecule has 132 valence electrons. The number of rotatable bonds is 16. The standard InChI is InChI=1S/C17H35NO4/c1-2-3-4-5-6-7-8-9-10-11-14-22-17(21)15-16(20)18-12-13-19/h17,19,21H,2-15H2,1H3,(H,18,20)/t17-/m0/s1. The summed E-state index contributed by atoms with van der Waals surface area (Å²) in [6.45, 7) is 2.84. The van der Waals surface area contributed by atoms with Crippen molar-refractivity contribution < 1.29 is 19.7 Å². The van der Waals surface area contributed by atoms with Crippen molar-refractivity contribution in [2.75, 3.05) is 19.8 Å². The second-order valence-corrected chi connectivity index (χ2v) is 5.79. The fourth-order valence-corrected chi connectivity index (χ4v) is 2.29. The highest BCUT2D eigenvalue weighted by atomic mass is 16.6. The first-order chi connectivity index (χ1) is 10.7. The van der Waals surface area contributed by atoms with E-state index in [9.17, 15) is 9.90 Å². The second-order valence-electron chi connectivity index (χ2n) is 5.79. The summed E-state index contributed by atoms with van der Waals surface area (Å²) in [5.74, 6) is -0.301. The normalized spacial score (nSPS) is 12.3. The molecule has 0 rings (SSSR count). The lowest BCUT2D eigenvalue weighted by Gasteiger charge is -2.11. The van der Waals surface area contributed by atoms with Gasteiger partial charge in [-0.1, -0.05) is 64.7 Å². The third-order valence-electron chi connectivity index (χ3n) is 3.60. The molecule has 0 aromatic rings. The summed E-state index contributed by atoms with van der Waals surface area (Å²) in [6.07, 6.45) is 11.5. The van der Waals surface area contributed by atoms with Crippen molar-refractivity contribution in [3.05, 3.63) is 0 Å². The smallest absolute Gasteiger partial charge is 0.225 e. The zero-order valence-corrected chi connectivity index (χ0v) is 14.2. The highest BCUT2D eigenvalue weighted by molar-refractivity contribution is 5.76. The van der Waals surface area contributed by atoms with Crippen LogP contribution in [0.25, 0.3) is 0 Å². The fraction of sp³-hybridized carbons (Fsp3) is 0.941. The van der Waals surface area contributed by atoms with Crippen LogP contribution in [0, 0.1) is 0 Å². The molecule has 0 fully saturated rings. The van der Waals surface area contributed by atoms with E-state index in [0.29, 0.717) is 6.61 Å². The van der Waals surface area contributed by atoms with E-state index in [4.69, 9.17) is 9.84 Å². The van der Waals surface area contributed by atoms with E-state index in [1.54, 1.807) is 0 Å². The van der Waals surface area contributed by atoms with E-state index in [1.807, 2.05) is 0 Å². The number of nitrogens with one attached hydrogen (secondary N) is 1. The highest BCUT2D eigenvalue weighted by Crippen LogP contribution is 2.10. The predicted molar refractivity (Wildman–Crippen MR) is 88.5 cm³/mol. The predicted octanol–water partition coefficient (Wildman–Crippen LogP) is 2.74. The van der Waals surface area contributed by atoms with Gasteiger partial charge in [-0.05, 0) is 6.42 Å². The van der Waals surface area contributed by atoms with Crippen LogP contribution in [0.15, 0.2) is 0 Å². The number of amides is 1. The average Bonchev–Trinajstić information content (AvgIpc) is 2.50. The summed E-state index contributed by atoms with van der Waals surface area (Å²) in [4.78, 5) is 11.3. The van der Waals surface area contributed by atoms with Gasteiger partial charge in [-0.15, -0.1) is 0 Å². The Hall–Kier alpha value is -0.650. The molecule has 0 unspecified atom stereocenters. The first kappa shape index (κ1) is 21.4. The number of unbranched alkanes of at least 4 members (excludes halogenated alkanes) is 9. The van der Waals surface area contributed by atoms with Crippen molar-refractivity contribution in [1.29, 1.82) is 0 Å². The summed E-state index contributed by atoms with van der Waals surface area (Å²) >= 11 is 0. The lowest BCUT2D eigenvalue weighted by Crippen LogP contribution is -2.30. The summed E-state index contributed by atoms with van der Waals surface area (Å²) in [6, 6.07) is 0. The molecule has 0 spiro atoms. The van der Waals surface area contributed by atoms with Crippen LogP contribution in [0.5, 0.6) is 0 Å². The topological polar surface area (TPSA) is 78.8 Å². The second kappa shape index (κ2) is 16.7. The van der Waals surface area contributed by atoms with Gasteiger partial charge < -0.3 is 20.3 Å². The van der Waals surface area contributed by atoms with Crippen molar-refractivity contribution in [3.63, 3.8) is 0 Å². The van der Waals surface area contributed by atoms with Crippen molar-refractivity contribution in [1.82, 2.24) is 5.32 Å². The Morgan fingerprint density at radius 2 is 1.55 bits per heavy atom. The number of aliphatic hydroxyl groups excluding tert-OH is 2. The van der Waals surface area contributed by atoms with Gasteiger partial charge in [0.15, 0.2) is 6.29 Å². The van der Waals surface area contributed by atoms with E-state index >= 15 is 0 Å². The molecule has 0 aromatic heterocycles. The number of ether oxygens (including phenoxy) is 1. The van der Waals surface area contributed by atoms with E-state index in [1.165, 1.54) is 51.4 Å². The van der Waals surface area contributed by atoms with Gasteiger partial charge in [-0.3, -0.25) is 4.79 Å². The van der Waals surface area contributed by atoms with E-state index in [2.05, 4.69) is 12.2 Å². The van der Waals surface area contributed by atoms with Gasteiger partial charge in [0, 0.05) is 13.2 Å². The monoisotopic (exact) mass is 317 g/mol. The molecular weight excluding hydrogens is 282 g/mol. The van der Waals surface area contributed by atoms with Crippen LogP contribution in [0.3, 0.4) is 0 Å². The van der Waals surface area contributed by atoms with Crippen molar-refractivity contribution in [2.45, 2.75) is 83.8 Å². The molecule has 3 N–H and O–H groups in total. The third-order valence-corrected chi connectivity index (χ3v) is 3.60. The Kier molecular flexibility index (Phi) is 16.2. The van der Waals surface area contributed by atoms with Crippen LogP contribution in [0.1, 0.15) is 77.6 Å². The molecule has 0 bridgehead atoms. The molecular formula is C17H35NO4. The Balaban J connectivity index is 3.23. The van der Waals surface area contributed by atoms with Crippen molar-refractivity contribution in [2.24, 2.45) is 0 Å². The zero-order chi connectivity index (χ0) is 16.5. The average molecular weight is 317 g/mol. The molecule has 5 heteroatoms. The van der Waals surface area contributed by atoms with E-state index in [-0.39, 0.29) is 25.5 Å². The SMILES string of the molecule is CCCCCCCCCCCCO[C@H](O)CC(=O)NCCO. The minimum absolute atomic E-state index is 0.0717. The molecule has 22 heavy (non-hydrogen) atoms. The summed E-state index contributed by atoms with van der Waals surface area (Å²) in [5, 5.41) is 20.6. The minimum atomic E-state index is -1.04. The quantitative estimate of drug-likeness (QED) is 0.302. The Bertz CT molecular complexity index is 249. The highest BCUT2D eigenvalue weighted by Gasteiger charge is 2.10. The third kappa shape index (κ3) is 15.7. The van der Waals surface area contributed by atoms with Gasteiger partial charge in [0.2, 0.25) is 5.91 Å². The first-order valence-corrected chi connectivity index (χ1v) is 8.88. The molecule has 0 aromatic carbocycles. The molecule has 5 nitrogen and oxygen atoms in total. The Morgan fingerprint density at radius 3 is 2.09 bits per heavy atom. The van der Waals surface area contributed by atoms with E-state index in [0.717, 1.165) is 12.8 Å². The van der Waals surface area contributed by atoms with Crippen LogP contribution in [-0.4, -0.2) is 42.2 Å². The lowest BCUT2D eigenvalue weighted by molar-refractivity contribution is -0.138. The number of aliphatic hydroxyl groups is 2.